The Morgan fingerprint density at radius 3 is 2.41 bits per heavy atom. The van der Waals surface area contributed by atoms with Gasteiger partial charge in [-0.25, -0.2) is 9.18 Å². The van der Waals surface area contributed by atoms with Gasteiger partial charge in [0.25, 0.3) is 0 Å². The fourth-order valence-corrected chi connectivity index (χ4v) is 3.32. The number of hydrogen-bond acceptors (Lipinski definition) is 4. The second kappa shape index (κ2) is 9.98. The van der Waals surface area contributed by atoms with E-state index in [-0.39, 0.29) is 17.7 Å². The molecule has 0 atom stereocenters. The number of amides is 1. The second-order valence-electron chi connectivity index (χ2n) is 7.03. The third-order valence-electron chi connectivity index (χ3n) is 4.97. The molecular formula is C23H25FN2O3. The van der Waals surface area contributed by atoms with Crippen molar-refractivity contribution in [3.05, 3.63) is 77.1 Å². The fraction of sp³-hybridized carbons (Fsp3) is 0.304. The third-order valence-corrected chi connectivity index (χ3v) is 4.97. The maximum absolute atomic E-state index is 13.1. The maximum Gasteiger partial charge on any atom is 0.337 e. The van der Waals surface area contributed by atoms with Gasteiger partial charge in [0.15, 0.2) is 0 Å². The van der Waals surface area contributed by atoms with Crippen LogP contribution in [0.1, 0.15) is 27.9 Å². The monoisotopic (exact) mass is 396 g/mol. The van der Waals surface area contributed by atoms with Crippen LogP contribution in [-0.4, -0.2) is 55.0 Å². The Morgan fingerprint density at radius 2 is 1.72 bits per heavy atom. The minimum atomic E-state index is -0.383. The van der Waals surface area contributed by atoms with E-state index in [1.807, 2.05) is 4.90 Å². The van der Waals surface area contributed by atoms with Crippen molar-refractivity contribution < 1.29 is 18.7 Å². The molecule has 0 bridgehead atoms. The molecule has 152 valence electrons. The summed E-state index contributed by atoms with van der Waals surface area (Å²) >= 11 is 0. The van der Waals surface area contributed by atoms with Crippen LogP contribution in [0.15, 0.2) is 54.6 Å². The van der Waals surface area contributed by atoms with Gasteiger partial charge in [0.05, 0.1) is 12.7 Å². The van der Waals surface area contributed by atoms with E-state index in [1.165, 1.54) is 19.2 Å². The fourth-order valence-electron chi connectivity index (χ4n) is 3.32. The highest BCUT2D eigenvalue weighted by atomic mass is 19.1. The van der Waals surface area contributed by atoms with E-state index in [0.29, 0.717) is 18.7 Å². The summed E-state index contributed by atoms with van der Waals surface area (Å²) in [6.45, 7) is 3.81. The van der Waals surface area contributed by atoms with E-state index in [1.54, 1.807) is 48.6 Å². The number of halogens is 1. The number of benzene rings is 2. The van der Waals surface area contributed by atoms with Gasteiger partial charge in [0, 0.05) is 38.8 Å². The number of ether oxygens (including phenoxy) is 1. The van der Waals surface area contributed by atoms with E-state index in [4.69, 9.17) is 0 Å². The van der Waals surface area contributed by atoms with Crippen molar-refractivity contribution in [1.29, 1.82) is 0 Å². The number of hydrogen-bond donors (Lipinski definition) is 0. The highest BCUT2D eigenvalue weighted by Crippen LogP contribution is 2.12. The molecule has 0 N–H and O–H groups in total. The molecule has 1 aliphatic heterocycles. The first-order valence-corrected chi connectivity index (χ1v) is 9.67. The lowest BCUT2D eigenvalue weighted by molar-refractivity contribution is -0.125. The van der Waals surface area contributed by atoms with Crippen LogP contribution in [0, 0.1) is 5.82 Å². The summed E-state index contributed by atoms with van der Waals surface area (Å²) in [6, 6.07) is 13.5. The lowest BCUT2D eigenvalue weighted by Gasteiger charge is -2.21. The van der Waals surface area contributed by atoms with Gasteiger partial charge < -0.3 is 9.64 Å². The first kappa shape index (κ1) is 20.7. The van der Waals surface area contributed by atoms with Gasteiger partial charge in [-0.2, -0.15) is 0 Å². The SMILES string of the molecule is COC(=O)c1ccc(/C=C/C(=O)N2CCCN(Cc3ccc(F)cc3)CC2)cc1. The van der Waals surface area contributed by atoms with E-state index < -0.39 is 0 Å². The highest BCUT2D eigenvalue weighted by Gasteiger charge is 2.17. The van der Waals surface area contributed by atoms with Crippen molar-refractivity contribution in [3.63, 3.8) is 0 Å². The molecule has 1 amide bonds. The average Bonchev–Trinajstić information content (AvgIpc) is 2.99. The summed E-state index contributed by atoms with van der Waals surface area (Å²) in [7, 11) is 1.34. The third kappa shape index (κ3) is 5.99. The van der Waals surface area contributed by atoms with Crippen molar-refractivity contribution >= 4 is 18.0 Å². The molecule has 3 rings (SSSR count). The zero-order valence-electron chi connectivity index (χ0n) is 16.5. The normalized spacial score (nSPS) is 15.3. The summed E-state index contributed by atoms with van der Waals surface area (Å²) in [5.74, 6) is -0.634. The van der Waals surface area contributed by atoms with Crippen molar-refractivity contribution in [2.45, 2.75) is 13.0 Å². The second-order valence-corrected chi connectivity index (χ2v) is 7.03. The number of rotatable bonds is 5. The van der Waals surface area contributed by atoms with Gasteiger partial charge in [0.2, 0.25) is 5.91 Å². The standard InChI is InChI=1S/C23H25FN2O3/c1-29-23(28)20-8-3-18(4-9-20)7-12-22(27)26-14-2-13-25(15-16-26)17-19-5-10-21(24)11-6-19/h3-12H,2,13-17H2,1H3/b12-7+. The molecule has 1 heterocycles. The lowest BCUT2D eigenvalue weighted by Crippen LogP contribution is -2.34. The quantitative estimate of drug-likeness (QED) is 0.574. The summed E-state index contributed by atoms with van der Waals surface area (Å²) in [6.07, 6.45) is 4.22. The van der Waals surface area contributed by atoms with Crippen LogP contribution >= 0.6 is 0 Å². The van der Waals surface area contributed by atoms with Crippen LogP contribution in [-0.2, 0) is 16.1 Å². The van der Waals surface area contributed by atoms with E-state index in [9.17, 15) is 14.0 Å². The van der Waals surface area contributed by atoms with Crippen LogP contribution in [0.2, 0.25) is 0 Å². The Morgan fingerprint density at radius 1 is 1.00 bits per heavy atom. The Labute approximate surface area is 170 Å². The number of methoxy groups -OCH3 is 1. The molecule has 5 nitrogen and oxygen atoms in total. The molecule has 0 aromatic heterocycles. The molecule has 2 aromatic carbocycles. The molecule has 0 radical (unpaired) electrons. The van der Waals surface area contributed by atoms with Crippen LogP contribution in [0.5, 0.6) is 0 Å². The molecule has 2 aromatic rings. The maximum atomic E-state index is 13.1. The molecule has 1 fully saturated rings. The minimum absolute atomic E-state index is 0.0225. The van der Waals surface area contributed by atoms with E-state index in [0.717, 1.165) is 37.2 Å². The summed E-state index contributed by atoms with van der Waals surface area (Å²) in [5.41, 5.74) is 2.39. The molecule has 1 saturated heterocycles. The molecule has 0 unspecified atom stereocenters. The molecule has 0 aliphatic carbocycles. The predicted molar refractivity (Wildman–Crippen MR) is 110 cm³/mol. The molecule has 29 heavy (non-hydrogen) atoms. The molecule has 1 aliphatic rings. The number of nitrogens with zero attached hydrogens (tertiary/aromatic N) is 2. The Balaban J connectivity index is 1.52. The lowest BCUT2D eigenvalue weighted by atomic mass is 10.1. The predicted octanol–water partition coefficient (Wildman–Crippen LogP) is 3.36. The Kier molecular flexibility index (Phi) is 7.14. The number of esters is 1. The summed E-state index contributed by atoms with van der Waals surface area (Å²) in [4.78, 5) is 28.2. The first-order chi connectivity index (χ1) is 14.0. The van der Waals surface area contributed by atoms with Gasteiger partial charge in [-0.15, -0.1) is 0 Å². The number of carbonyl (C=O) groups excluding carboxylic acids is 2. The number of carbonyl (C=O) groups is 2. The zero-order valence-corrected chi connectivity index (χ0v) is 16.5. The van der Waals surface area contributed by atoms with Crippen molar-refractivity contribution in [2.24, 2.45) is 0 Å². The Hall–Kier alpha value is -2.99. The van der Waals surface area contributed by atoms with Crippen LogP contribution < -0.4 is 0 Å². The van der Waals surface area contributed by atoms with Crippen molar-refractivity contribution in [2.75, 3.05) is 33.3 Å². The first-order valence-electron chi connectivity index (χ1n) is 9.67. The van der Waals surface area contributed by atoms with Gasteiger partial charge in [-0.1, -0.05) is 24.3 Å². The smallest absolute Gasteiger partial charge is 0.337 e. The van der Waals surface area contributed by atoms with Crippen LogP contribution in [0.3, 0.4) is 0 Å². The van der Waals surface area contributed by atoms with Gasteiger partial charge in [-0.05, 0) is 47.9 Å². The van der Waals surface area contributed by atoms with E-state index >= 15 is 0 Å². The zero-order chi connectivity index (χ0) is 20.6. The largest absolute Gasteiger partial charge is 0.465 e. The molecule has 0 spiro atoms. The summed E-state index contributed by atoms with van der Waals surface area (Å²) < 4.78 is 17.7. The van der Waals surface area contributed by atoms with Crippen molar-refractivity contribution in [1.82, 2.24) is 9.80 Å². The van der Waals surface area contributed by atoms with Crippen LogP contribution in [0.4, 0.5) is 4.39 Å². The van der Waals surface area contributed by atoms with Crippen molar-refractivity contribution in [3.8, 4) is 0 Å². The van der Waals surface area contributed by atoms with E-state index in [2.05, 4.69) is 9.64 Å². The van der Waals surface area contributed by atoms with Crippen LogP contribution in [0.25, 0.3) is 6.08 Å². The van der Waals surface area contributed by atoms with Gasteiger partial charge in [-0.3, -0.25) is 9.69 Å². The molecule has 0 saturated carbocycles. The molecular weight excluding hydrogens is 371 g/mol. The molecule has 6 heteroatoms. The topological polar surface area (TPSA) is 49.9 Å². The highest BCUT2D eigenvalue weighted by molar-refractivity contribution is 5.92. The minimum Gasteiger partial charge on any atom is -0.465 e. The summed E-state index contributed by atoms with van der Waals surface area (Å²) in [5, 5.41) is 0. The van der Waals surface area contributed by atoms with Gasteiger partial charge in [0.1, 0.15) is 5.82 Å². The van der Waals surface area contributed by atoms with Gasteiger partial charge >= 0.3 is 5.97 Å². The Bertz CT molecular complexity index is 863. The average molecular weight is 396 g/mol.